The summed E-state index contributed by atoms with van der Waals surface area (Å²) in [6.07, 6.45) is 3.51. The van der Waals surface area contributed by atoms with E-state index >= 15 is 0 Å². The van der Waals surface area contributed by atoms with Crippen molar-refractivity contribution in [2.75, 3.05) is 19.5 Å². The zero-order valence-electron chi connectivity index (χ0n) is 16.8. The number of ether oxygens (including phenoxy) is 3. The van der Waals surface area contributed by atoms with Crippen LogP contribution in [0.5, 0.6) is 11.5 Å². The standard InChI is InChI=1S/C22H24FN3O3S/c1-27-16-9-11-17(12-10-16)29-14-21-24-25-22(30-15-18-6-4-5-13-28-18)26(21)20-8-3-2-7-19(20)23/h2-3,7-12,18H,4-6,13-15H2,1H3/t18-/m0/s1. The van der Waals surface area contributed by atoms with Gasteiger partial charge in [-0.1, -0.05) is 23.9 Å². The molecule has 0 amide bonds. The van der Waals surface area contributed by atoms with E-state index in [4.69, 9.17) is 14.2 Å². The Morgan fingerprint density at radius 1 is 1.10 bits per heavy atom. The molecule has 1 atom stereocenters. The summed E-state index contributed by atoms with van der Waals surface area (Å²) in [7, 11) is 1.62. The Kier molecular flexibility index (Phi) is 6.86. The molecule has 0 aliphatic carbocycles. The molecular weight excluding hydrogens is 405 g/mol. The molecule has 1 saturated heterocycles. The van der Waals surface area contributed by atoms with Gasteiger partial charge in [-0.25, -0.2) is 4.39 Å². The van der Waals surface area contributed by atoms with E-state index in [9.17, 15) is 4.39 Å². The Morgan fingerprint density at radius 3 is 2.63 bits per heavy atom. The smallest absolute Gasteiger partial charge is 0.196 e. The van der Waals surface area contributed by atoms with Crippen LogP contribution in [0, 0.1) is 5.82 Å². The van der Waals surface area contributed by atoms with Crippen LogP contribution < -0.4 is 9.47 Å². The number of halogens is 1. The molecule has 4 rings (SSSR count). The minimum Gasteiger partial charge on any atom is -0.497 e. The lowest BCUT2D eigenvalue weighted by Gasteiger charge is -2.22. The average molecular weight is 430 g/mol. The predicted molar refractivity (Wildman–Crippen MR) is 113 cm³/mol. The molecule has 0 N–H and O–H groups in total. The van der Waals surface area contributed by atoms with E-state index in [0.717, 1.165) is 31.0 Å². The maximum atomic E-state index is 14.6. The highest BCUT2D eigenvalue weighted by atomic mass is 32.2. The third kappa shape index (κ3) is 4.94. The molecule has 1 aliphatic heterocycles. The first-order valence-electron chi connectivity index (χ1n) is 9.95. The molecule has 0 spiro atoms. The number of nitrogens with zero attached hydrogens (tertiary/aromatic N) is 3. The second-order valence-corrected chi connectivity index (χ2v) is 7.94. The Hall–Kier alpha value is -2.58. The summed E-state index contributed by atoms with van der Waals surface area (Å²) in [4.78, 5) is 0. The molecule has 30 heavy (non-hydrogen) atoms. The molecular formula is C22H24FN3O3S. The summed E-state index contributed by atoms with van der Waals surface area (Å²) in [6.45, 7) is 0.959. The van der Waals surface area contributed by atoms with Gasteiger partial charge in [-0.05, 0) is 55.7 Å². The summed E-state index contributed by atoms with van der Waals surface area (Å²) in [5, 5.41) is 9.22. The fourth-order valence-corrected chi connectivity index (χ4v) is 4.32. The number of aromatic nitrogens is 3. The number of para-hydroxylation sites is 1. The van der Waals surface area contributed by atoms with Crippen molar-refractivity contribution in [3.63, 3.8) is 0 Å². The first-order valence-corrected chi connectivity index (χ1v) is 10.9. The second-order valence-electron chi connectivity index (χ2n) is 6.95. The highest BCUT2D eigenvalue weighted by Crippen LogP contribution is 2.27. The number of rotatable bonds is 8. The van der Waals surface area contributed by atoms with Gasteiger partial charge in [-0.2, -0.15) is 0 Å². The lowest BCUT2D eigenvalue weighted by atomic mass is 10.1. The third-order valence-electron chi connectivity index (χ3n) is 4.89. The maximum absolute atomic E-state index is 14.6. The minimum atomic E-state index is -0.334. The number of hydrogen-bond acceptors (Lipinski definition) is 6. The molecule has 0 bridgehead atoms. The van der Waals surface area contributed by atoms with E-state index in [1.165, 1.54) is 24.2 Å². The molecule has 1 aliphatic rings. The van der Waals surface area contributed by atoms with Gasteiger partial charge < -0.3 is 14.2 Å². The van der Waals surface area contributed by atoms with Gasteiger partial charge in [0.1, 0.15) is 23.9 Å². The fourth-order valence-electron chi connectivity index (χ4n) is 3.29. The molecule has 2 aromatic carbocycles. The van der Waals surface area contributed by atoms with Gasteiger partial charge in [-0.15, -0.1) is 10.2 Å². The van der Waals surface area contributed by atoms with Gasteiger partial charge in [0.25, 0.3) is 0 Å². The first kappa shape index (κ1) is 20.7. The highest BCUT2D eigenvalue weighted by molar-refractivity contribution is 7.99. The Labute approximate surface area is 179 Å². The molecule has 6 nitrogen and oxygen atoms in total. The van der Waals surface area contributed by atoms with Crippen molar-refractivity contribution in [1.29, 1.82) is 0 Å². The van der Waals surface area contributed by atoms with Crippen molar-refractivity contribution < 1.29 is 18.6 Å². The van der Waals surface area contributed by atoms with Crippen LogP contribution in [0.25, 0.3) is 5.69 Å². The third-order valence-corrected chi connectivity index (χ3v) is 5.95. The second kappa shape index (κ2) is 9.95. The van der Waals surface area contributed by atoms with E-state index in [0.29, 0.717) is 22.4 Å². The molecule has 0 unspecified atom stereocenters. The van der Waals surface area contributed by atoms with E-state index in [-0.39, 0.29) is 18.5 Å². The van der Waals surface area contributed by atoms with Crippen LogP contribution in [0.15, 0.2) is 53.7 Å². The highest BCUT2D eigenvalue weighted by Gasteiger charge is 2.20. The summed E-state index contributed by atoms with van der Waals surface area (Å²) in [5.74, 6) is 2.37. The van der Waals surface area contributed by atoms with Crippen molar-refractivity contribution in [2.45, 2.75) is 37.1 Å². The molecule has 158 valence electrons. The lowest BCUT2D eigenvalue weighted by Crippen LogP contribution is -2.21. The average Bonchev–Trinajstić information content (AvgIpc) is 3.20. The van der Waals surface area contributed by atoms with Crippen molar-refractivity contribution in [1.82, 2.24) is 14.8 Å². The minimum absolute atomic E-state index is 0.161. The van der Waals surface area contributed by atoms with Gasteiger partial charge >= 0.3 is 0 Å². The van der Waals surface area contributed by atoms with Crippen molar-refractivity contribution >= 4 is 11.8 Å². The lowest BCUT2D eigenvalue weighted by molar-refractivity contribution is 0.0315. The quantitative estimate of drug-likeness (QED) is 0.486. The number of thioether (sulfide) groups is 1. The monoisotopic (exact) mass is 429 g/mol. The van der Waals surface area contributed by atoms with Crippen LogP contribution in [0.4, 0.5) is 4.39 Å². The van der Waals surface area contributed by atoms with Crippen LogP contribution in [-0.2, 0) is 11.3 Å². The van der Waals surface area contributed by atoms with Crippen LogP contribution >= 0.6 is 11.8 Å². The Balaban J connectivity index is 1.54. The molecule has 2 heterocycles. The molecule has 1 fully saturated rings. The largest absolute Gasteiger partial charge is 0.497 e. The molecule has 3 aromatic rings. The molecule has 1 aromatic heterocycles. The zero-order valence-corrected chi connectivity index (χ0v) is 17.6. The Bertz CT molecular complexity index is 959. The van der Waals surface area contributed by atoms with E-state index < -0.39 is 0 Å². The summed E-state index contributed by atoms with van der Waals surface area (Å²) in [5.41, 5.74) is 0.405. The molecule has 0 saturated carbocycles. The number of hydrogen-bond donors (Lipinski definition) is 0. The van der Waals surface area contributed by atoms with E-state index in [1.807, 2.05) is 24.3 Å². The van der Waals surface area contributed by atoms with E-state index in [2.05, 4.69) is 10.2 Å². The molecule has 8 heteroatoms. The zero-order chi connectivity index (χ0) is 20.8. The predicted octanol–water partition coefficient (Wildman–Crippen LogP) is 4.66. The summed E-state index contributed by atoms with van der Waals surface area (Å²) >= 11 is 1.53. The normalized spacial score (nSPS) is 16.4. The van der Waals surface area contributed by atoms with Crippen LogP contribution in [0.3, 0.4) is 0 Å². The Morgan fingerprint density at radius 2 is 1.90 bits per heavy atom. The van der Waals surface area contributed by atoms with Gasteiger partial charge in [-0.3, -0.25) is 4.57 Å². The van der Waals surface area contributed by atoms with Gasteiger partial charge in [0.2, 0.25) is 0 Å². The summed E-state index contributed by atoms with van der Waals surface area (Å²) < 4.78 is 33.2. The van der Waals surface area contributed by atoms with Gasteiger partial charge in [0, 0.05) is 12.4 Å². The SMILES string of the molecule is COc1ccc(OCc2nnc(SC[C@@H]3CCCCO3)n2-c2ccccc2F)cc1. The van der Waals surface area contributed by atoms with Gasteiger partial charge in [0.05, 0.1) is 18.9 Å². The molecule has 0 radical (unpaired) electrons. The van der Waals surface area contributed by atoms with Crippen LogP contribution in [-0.4, -0.2) is 40.3 Å². The van der Waals surface area contributed by atoms with Crippen LogP contribution in [0.1, 0.15) is 25.1 Å². The number of methoxy groups -OCH3 is 1. The van der Waals surface area contributed by atoms with Crippen molar-refractivity contribution in [3.8, 4) is 17.2 Å². The maximum Gasteiger partial charge on any atom is 0.196 e. The number of benzene rings is 2. The first-order chi connectivity index (χ1) is 14.7. The van der Waals surface area contributed by atoms with Crippen molar-refractivity contribution in [2.24, 2.45) is 0 Å². The van der Waals surface area contributed by atoms with Gasteiger partial charge in [0.15, 0.2) is 11.0 Å². The fraction of sp³-hybridized carbons (Fsp3) is 0.364. The van der Waals surface area contributed by atoms with Crippen LogP contribution in [0.2, 0.25) is 0 Å². The van der Waals surface area contributed by atoms with Crippen molar-refractivity contribution in [3.05, 3.63) is 60.2 Å². The van der Waals surface area contributed by atoms with E-state index in [1.54, 1.807) is 29.9 Å². The topological polar surface area (TPSA) is 58.4 Å². The summed E-state index contributed by atoms with van der Waals surface area (Å²) in [6, 6.07) is 13.9.